The van der Waals surface area contributed by atoms with Crippen LogP contribution in [0.3, 0.4) is 0 Å². The van der Waals surface area contributed by atoms with Crippen LogP contribution in [0.2, 0.25) is 0 Å². The largest absolute Gasteiger partial charge is 0.493 e. The van der Waals surface area contributed by atoms with E-state index in [2.05, 4.69) is 4.98 Å². The smallest absolute Gasteiger partial charge is 0.182 e. The van der Waals surface area contributed by atoms with Gasteiger partial charge in [-0.3, -0.25) is 4.98 Å². The molecule has 6 nitrogen and oxygen atoms in total. The molecule has 0 bridgehead atoms. The second kappa shape index (κ2) is 8.65. The van der Waals surface area contributed by atoms with E-state index in [1.807, 2.05) is 6.07 Å². The van der Waals surface area contributed by atoms with Gasteiger partial charge in [0.15, 0.2) is 21.3 Å². The van der Waals surface area contributed by atoms with Crippen LogP contribution in [0.5, 0.6) is 23.0 Å². The van der Waals surface area contributed by atoms with Crippen molar-refractivity contribution in [3.63, 3.8) is 0 Å². The van der Waals surface area contributed by atoms with Gasteiger partial charge in [-0.05, 0) is 42.0 Å². The number of ether oxygens (including phenoxy) is 3. The van der Waals surface area contributed by atoms with E-state index in [9.17, 15) is 8.42 Å². The van der Waals surface area contributed by atoms with E-state index in [0.29, 0.717) is 39.0 Å². The summed E-state index contributed by atoms with van der Waals surface area (Å²) in [4.78, 5) is 4.68. The van der Waals surface area contributed by atoms with Crippen LogP contribution in [-0.4, -0.2) is 27.6 Å². The molecule has 0 unspecified atom stereocenters. The number of rotatable bonds is 7. The summed E-state index contributed by atoms with van der Waals surface area (Å²) >= 11 is 0. The standard InChI is InChI=1S/C24H21NO5S/c1-28-23-14-20-21(15-24(23)29-2)25-13-12-22(20)30-18-10-8-17(9-11-18)16-31(26,27)19-6-4-3-5-7-19/h3-15H,16H2,1-2H3. The van der Waals surface area contributed by atoms with Gasteiger partial charge in [-0.2, -0.15) is 0 Å². The molecule has 0 N–H and O–H groups in total. The molecule has 4 rings (SSSR count). The Morgan fingerprint density at radius 3 is 2.16 bits per heavy atom. The minimum absolute atomic E-state index is 0.0769. The molecular weight excluding hydrogens is 414 g/mol. The lowest BCUT2D eigenvalue weighted by Crippen LogP contribution is -2.04. The molecule has 0 amide bonds. The number of nitrogens with zero attached hydrogens (tertiary/aromatic N) is 1. The molecule has 7 heteroatoms. The highest BCUT2D eigenvalue weighted by Gasteiger charge is 2.15. The van der Waals surface area contributed by atoms with Crippen molar-refractivity contribution in [1.29, 1.82) is 0 Å². The monoisotopic (exact) mass is 435 g/mol. The first-order chi connectivity index (χ1) is 15.0. The van der Waals surface area contributed by atoms with E-state index >= 15 is 0 Å². The average molecular weight is 436 g/mol. The van der Waals surface area contributed by atoms with Gasteiger partial charge >= 0.3 is 0 Å². The van der Waals surface area contributed by atoms with E-state index in [0.717, 1.165) is 5.39 Å². The van der Waals surface area contributed by atoms with E-state index in [-0.39, 0.29) is 5.75 Å². The number of benzene rings is 3. The summed E-state index contributed by atoms with van der Waals surface area (Å²) < 4.78 is 41.9. The van der Waals surface area contributed by atoms with E-state index in [1.165, 1.54) is 0 Å². The molecule has 0 fully saturated rings. The zero-order chi connectivity index (χ0) is 21.8. The van der Waals surface area contributed by atoms with Gasteiger partial charge in [0.05, 0.1) is 30.4 Å². The van der Waals surface area contributed by atoms with Crippen molar-refractivity contribution >= 4 is 20.7 Å². The Bertz CT molecular complexity index is 1300. The van der Waals surface area contributed by atoms with Gasteiger partial charge in [0.25, 0.3) is 0 Å². The Hall–Kier alpha value is -3.58. The van der Waals surface area contributed by atoms with Gasteiger partial charge in [-0.1, -0.05) is 30.3 Å². The molecule has 0 saturated heterocycles. The topological polar surface area (TPSA) is 74.7 Å². The zero-order valence-corrected chi connectivity index (χ0v) is 17.9. The van der Waals surface area contributed by atoms with Crippen molar-refractivity contribution in [1.82, 2.24) is 4.98 Å². The molecule has 31 heavy (non-hydrogen) atoms. The Kier molecular flexibility index (Phi) is 5.77. The number of fused-ring (bicyclic) bond motifs is 1. The number of methoxy groups -OCH3 is 2. The third-order valence-electron chi connectivity index (χ3n) is 4.82. The van der Waals surface area contributed by atoms with Crippen molar-refractivity contribution in [2.75, 3.05) is 14.2 Å². The second-order valence-corrected chi connectivity index (χ2v) is 8.84. The first-order valence-electron chi connectivity index (χ1n) is 9.55. The molecule has 0 aliphatic carbocycles. The van der Waals surface area contributed by atoms with Crippen molar-refractivity contribution in [2.45, 2.75) is 10.6 Å². The highest BCUT2D eigenvalue weighted by atomic mass is 32.2. The number of hydrogen-bond acceptors (Lipinski definition) is 6. The maximum absolute atomic E-state index is 12.6. The van der Waals surface area contributed by atoms with E-state index < -0.39 is 9.84 Å². The lowest BCUT2D eigenvalue weighted by Gasteiger charge is -2.12. The number of hydrogen-bond donors (Lipinski definition) is 0. The number of sulfone groups is 1. The first-order valence-corrected chi connectivity index (χ1v) is 11.2. The summed E-state index contributed by atoms with van der Waals surface area (Å²) in [6.45, 7) is 0. The summed E-state index contributed by atoms with van der Waals surface area (Å²) in [5.74, 6) is 2.28. The Morgan fingerprint density at radius 1 is 0.806 bits per heavy atom. The quantitative estimate of drug-likeness (QED) is 0.406. The van der Waals surface area contributed by atoms with Gasteiger partial charge in [-0.25, -0.2) is 8.42 Å². The van der Waals surface area contributed by atoms with Crippen LogP contribution in [0.25, 0.3) is 10.9 Å². The molecule has 4 aromatic rings. The zero-order valence-electron chi connectivity index (χ0n) is 17.1. The van der Waals surface area contributed by atoms with E-state index in [1.54, 1.807) is 87.1 Å². The van der Waals surface area contributed by atoms with Gasteiger partial charge < -0.3 is 14.2 Å². The van der Waals surface area contributed by atoms with Gasteiger partial charge in [-0.15, -0.1) is 0 Å². The fourth-order valence-corrected chi connectivity index (χ4v) is 4.62. The number of pyridine rings is 1. The maximum atomic E-state index is 12.6. The Balaban J connectivity index is 1.58. The lowest BCUT2D eigenvalue weighted by molar-refractivity contribution is 0.355. The summed E-state index contributed by atoms with van der Waals surface area (Å²) in [6.07, 6.45) is 1.66. The van der Waals surface area contributed by atoms with Crippen LogP contribution < -0.4 is 14.2 Å². The highest BCUT2D eigenvalue weighted by Crippen LogP contribution is 2.36. The first kappa shape index (κ1) is 20.7. The fraction of sp³-hybridized carbons (Fsp3) is 0.125. The normalized spacial score (nSPS) is 11.3. The van der Waals surface area contributed by atoms with Crippen LogP contribution in [0.4, 0.5) is 0 Å². The fourth-order valence-electron chi connectivity index (χ4n) is 3.25. The highest BCUT2D eigenvalue weighted by molar-refractivity contribution is 7.90. The van der Waals surface area contributed by atoms with E-state index in [4.69, 9.17) is 14.2 Å². The average Bonchev–Trinajstić information content (AvgIpc) is 2.80. The molecule has 3 aromatic carbocycles. The second-order valence-electron chi connectivity index (χ2n) is 6.85. The molecule has 0 radical (unpaired) electrons. The third-order valence-corrected chi connectivity index (χ3v) is 6.52. The van der Waals surface area contributed by atoms with Crippen LogP contribution in [-0.2, 0) is 15.6 Å². The molecule has 0 spiro atoms. The van der Waals surface area contributed by atoms with Crippen LogP contribution >= 0.6 is 0 Å². The molecule has 0 atom stereocenters. The van der Waals surface area contributed by atoms with Gasteiger partial charge in [0.2, 0.25) is 0 Å². The summed E-state index contributed by atoms with van der Waals surface area (Å²) in [7, 11) is -0.258. The minimum Gasteiger partial charge on any atom is -0.493 e. The van der Waals surface area contributed by atoms with Gasteiger partial charge in [0, 0.05) is 17.6 Å². The summed E-state index contributed by atoms with van der Waals surface area (Å²) in [5.41, 5.74) is 1.39. The van der Waals surface area contributed by atoms with Crippen molar-refractivity contribution < 1.29 is 22.6 Å². The SMILES string of the molecule is COc1cc2nccc(Oc3ccc(CS(=O)(=O)c4ccccc4)cc3)c2cc1OC. The lowest BCUT2D eigenvalue weighted by atomic mass is 10.1. The molecule has 0 aliphatic heterocycles. The van der Waals surface area contributed by atoms with Crippen molar-refractivity contribution in [2.24, 2.45) is 0 Å². The third kappa shape index (κ3) is 4.46. The molecule has 1 aromatic heterocycles. The van der Waals surface area contributed by atoms with Gasteiger partial charge in [0.1, 0.15) is 11.5 Å². The maximum Gasteiger partial charge on any atom is 0.182 e. The number of aromatic nitrogens is 1. The summed E-state index contributed by atoms with van der Waals surface area (Å²) in [6, 6.07) is 20.8. The molecule has 1 heterocycles. The van der Waals surface area contributed by atoms with Crippen LogP contribution in [0, 0.1) is 0 Å². The Morgan fingerprint density at radius 2 is 1.48 bits per heavy atom. The molecule has 158 valence electrons. The van der Waals surface area contributed by atoms with Crippen LogP contribution in [0.1, 0.15) is 5.56 Å². The molecule has 0 aliphatic rings. The summed E-state index contributed by atoms with van der Waals surface area (Å²) in [5, 5.41) is 0.774. The molecule has 0 saturated carbocycles. The predicted octanol–water partition coefficient (Wildman–Crippen LogP) is 5.02. The van der Waals surface area contributed by atoms with Crippen molar-refractivity contribution in [3.8, 4) is 23.0 Å². The Labute approximate surface area is 181 Å². The predicted molar refractivity (Wildman–Crippen MR) is 119 cm³/mol. The van der Waals surface area contributed by atoms with Crippen molar-refractivity contribution in [3.05, 3.63) is 84.6 Å². The minimum atomic E-state index is -3.40. The molecular formula is C24H21NO5S. The van der Waals surface area contributed by atoms with Crippen LogP contribution in [0.15, 0.2) is 83.9 Å².